The van der Waals surface area contributed by atoms with Crippen LogP contribution in [0.2, 0.25) is 0 Å². The second-order valence-corrected chi connectivity index (χ2v) is 5.57. The first-order valence-electron chi connectivity index (χ1n) is 7.64. The standard InChI is InChI=1S/C20H15FO4/c1-2-12-20(18(22)24-16-6-4-3-5-7-16)13-17(25-19(20)23)14-8-10-15(21)11-9-14/h2-11,13H,1,12H2/t20-/m1/s1. The number of halogens is 1. The van der Waals surface area contributed by atoms with Gasteiger partial charge in [-0.15, -0.1) is 6.58 Å². The molecule has 1 aliphatic heterocycles. The summed E-state index contributed by atoms with van der Waals surface area (Å²) in [6.07, 6.45) is 2.90. The summed E-state index contributed by atoms with van der Waals surface area (Å²) in [7, 11) is 0. The number of cyclic esters (lactones) is 1. The van der Waals surface area contributed by atoms with Gasteiger partial charge in [0.1, 0.15) is 17.3 Å². The molecule has 3 rings (SSSR count). The lowest BCUT2D eigenvalue weighted by Gasteiger charge is -2.19. The number of hydrogen-bond donors (Lipinski definition) is 0. The van der Waals surface area contributed by atoms with Crippen molar-refractivity contribution < 1.29 is 23.5 Å². The number of rotatable bonds is 5. The number of esters is 2. The van der Waals surface area contributed by atoms with Crippen molar-refractivity contribution in [3.05, 3.63) is 84.7 Å². The number of benzene rings is 2. The molecule has 1 heterocycles. The van der Waals surface area contributed by atoms with Crippen molar-refractivity contribution in [2.45, 2.75) is 6.42 Å². The van der Waals surface area contributed by atoms with Crippen molar-refractivity contribution in [2.75, 3.05) is 0 Å². The minimum atomic E-state index is -1.61. The van der Waals surface area contributed by atoms with Crippen molar-refractivity contribution in [2.24, 2.45) is 5.41 Å². The third kappa shape index (κ3) is 3.21. The van der Waals surface area contributed by atoms with Crippen LogP contribution >= 0.6 is 0 Å². The summed E-state index contributed by atoms with van der Waals surface area (Å²) >= 11 is 0. The minimum absolute atomic E-state index is 0.0300. The lowest BCUT2D eigenvalue weighted by Crippen LogP contribution is -2.38. The molecular formula is C20H15FO4. The second-order valence-electron chi connectivity index (χ2n) is 5.57. The van der Waals surface area contributed by atoms with Crippen molar-refractivity contribution >= 4 is 17.7 Å². The fourth-order valence-electron chi connectivity index (χ4n) is 2.54. The number of carbonyl (C=O) groups is 2. The molecule has 2 aromatic rings. The summed E-state index contributed by atoms with van der Waals surface area (Å²) in [5.74, 6) is -1.38. The van der Waals surface area contributed by atoms with Crippen LogP contribution in [0.3, 0.4) is 0 Å². The van der Waals surface area contributed by atoms with Crippen LogP contribution in [0, 0.1) is 11.2 Å². The first kappa shape index (κ1) is 16.6. The maximum atomic E-state index is 13.1. The summed E-state index contributed by atoms with van der Waals surface area (Å²) < 4.78 is 23.7. The highest BCUT2D eigenvalue weighted by atomic mass is 19.1. The molecule has 0 bridgehead atoms. The van der Waals surface area contributed by atoms with E-state index >= 15 is 0 Å². The molecule has 0 radical (unpaired) electrons. The monoisotopic (exact) mass is 338 g/mol. The molecule has 0 N–H and O–H groups in total. The summed E-state index contributed by atoms with van der Waals surface area (Å²) in [6.45, 7) is 3.61. The Balaban J connectivity index is 1.95. The highest BCUT2D eigenvalue weighted by molar-refractivity contribution is 6.08. The van der Waals surface area contributed by atoms with Crippen LogP contribution in [-0.4, -0.2) is 11.9 Å². The molecular weight excluding hydrogens is 323 g/mol. The van der Waals surface area contributed by atoms with Crippen molar-refractivity contribution in [1.29, 1.82) is 0 Å². The van der Waals surface area contributed by atoms with Gasteiger partial charge in [0, 0.05) is 5.56 Å². The Morgan fingerprint density at radius 1 is 1.16 bits per heavy atom. The maximum absolute atomic E-state index is 13.1. The average Bonchev–Trinajstić information content (AvgIpc) is 2.94. The van der Waals surface area contributed by atoms with E-state index in [1.165, 1.54) is 36.4 Å². The van der Waals surface area contributed by atoms with Crippen molar-refractivity contribution in [3.8, 4) is 5.75 Å². The van der Waals surface area contributed by atoms with E-state index in [0.717, 1.165) is 0 Å². The molecule has 1 aliphatic rings. The number of para-hydroxylation sites is 1. The van der Waals surface area contributed by atoms with E-state index < -0.39 is 23.2 Å². The Morgan fingerprint density at radius 3 is 2.48 bits per heavy atom. The van der Waals surface area contributed by atoms with Crippen LogP contribution in [0.4, 0.5) is 4.39 Å². The van der Waals surface area contributed by atoms with Crippen molar-refractivity contribution in [3.63, 3.8) is 0 Å². The van der Waals surface area contributed by atoms with Crippen LogP contribution < -0.4 is 4.74 Å². The molecule has 126 valence electrons. The quantitative estimate of drug-likeness (QED) is 0.359. The number of hydrogen-bond acceptors (Lipinski definition) is 4. The van der Waals surface area contributed by atoms with Gasteiger partial charge in [-0.25, -0.2) is 4.39 Å². The molecule has 0 fully saturated rings. The van der Waals surface area contributed by atoms with Crippen molar-refractivity contribution in [1.82, 2.24) is 0 Å². The Bertz CT molecular complexity index is 840. The third-order valence-corrected chi connectivity index (χ3v) is 3.86. The molecule has 4 nitrogen and oxygen atoms in total. The second kappa shape index (κ2) is 6.73. The van der Waals surface area contributed by atoms with Gasteiger partial charge in [0.05, 0.1) is 0 Å². The maximum Gasteiger partial charge on any atom is 0.333 e. The molecule has 5 heteroatoms. The molecule has 0 spiro atoms. The van der Waals surface area contributed by atoms with E-state index in [-0.39, 0.29) is 12.2 Å². The topological polar surface area (TPSA) is 52.6 Å². The summed E-state index contributed by atoms with van der Waals surface area (Å²) in [6, 6.07) is 13.9. The van der Waals surface area contributed by atoms with E-state index in [9.17, 15) is 14.0 Å². The van der Waals surface area contributed by atoms with Crippen LogP contribution in [0.1, 0.15) is 12.0 Å². The Kier molecular flexibility index (Phi) is 4.48. The van der Waals surface area contributed by atoms with Gasteiger partial charge in [0.15, 0.2) is 5.41 Å². The van der Waals surface area contributed by atoms with Gasteiger partial charge < -0.3 is 9.47 Å². The van der Waals surface area contributed by atoms with E-state index in [0.29, 0.717) is 11.3 Å². The molecule has 0 aliphatic carbocycles. The van der Waals surface area contributed by atoms with Gasteiger partial charge in [-0.1, -0.05) is 24.3 Å². The zero-order valence-electron chi connectivity index (χ0n) is 13.3. The molecule has 0 aromatic heterocycles. The highest BCUT2D eigenvalue weighted by Gasteiger charge is 2.51. The lowest BCUT2D eigenvalue weighted by atomic mass is 9.84. The molecule has 1 atom stereocenters. The number of carbonyl (C=O) groups excluding carboxylic acids is 2. The molecule has 25 heavy (non-hydrogen) atoms. The van der Waals surface area contributed by atoms with Gasteiger partial charge in [-0.05, 0) is 48.9 Å². The van der Waals surface area contributed by atoms with Crippen LogP contribution in [0.15, 0.2) is 73.3 Å². The lowest BCUT2D eigenvalue weighted by molar-refractivity contribution is -0.156. The van der Waals surface area contributed by atoms with Gasteiger partial charge in [0.25, 0.3) is 0 Å². The van der Waals surface area contributed by atoms with Crippen LogP contribution in [-0.2, 0) is 14.3 Å². The van der Waals surface area contributed by atoms with E-state index in [4.69, 9.17) is 9.47 Å². The molecule has 0 unspecified atom stereocenters. The van der Waals surface area contributed by atoms with E-state index in [1.807, 2.05) is 0 Å². The zero-order valence-corrected chi connectivity index (χ0v) is 13.3. The summed E-state index contributed by atoms with van der Waals surface area (Å²) in [5.41, 5.74) is -1.12. The summed E-state index contributed by atoms with van der Waals surface area (Å²) in [4.78, 5) is 25.2. The average molecular weight is 338 g/mol. The smallest absolute Gasteiger partial charge is 0.333 e. The molecule has 0 saturated carbocycles. The fourth-order valence-corrected chi connectivity index (χ4v) is 2.54. The first-order chi connectivity index (χ1) is 12.0. The van der Waals surface area contributed by atoms with Gasteiger partial charge in [0.2, 0.25) is 0 Å². The van der Waals surface area contributed by atoms with Gasteiger partial charge in [-0.3, -0.25) is 9.59 Å². The highest BCUT2D eigenvalue weighted by Crippen LogP contribution is 2.40. The number of ether oxygens (including phenoxy) is 2. The normalized spacial score (nSPS) is 19.1. The zero-order chi connectivity index (χ0) is 17.9. The van der Waals surface area contributed by atoms with Crippen LogP contribution in [0.5, 0.6) is 5.75 Å². The minimum Gasteiger partial charge on any atom is -0.425 e. The first-order valence-corrected chi connectivity index (χ1v) is 7.64. The predicted molar refractivity (Wildman–Crippen MR) is 89.8 cm³/mol. The van der Waals surface area contributed by atoms with E-state index in [2.05, 4.69) is 6.58 Å². The Hall–Kier alpha value is -3.21. The Labute approximate surface area is 144 Å². The largest absolute Gasteiger partial charge is 0.425 e. The van der Waals surface area contributed by atoms with Crippen LogP contribution in [0.25, 0.3) is 5.76 Å². The number of allylic oxidation sites excluding steroid dienone is 1. The summed E-state index contributed by atoms with van der Waals surface area (Å²) in [5, 5.41) is 0. The van der Waals surface area contributed by atoms with E-state index in [1.54, 1.807) is 30.3 Å². The van der Waals surface area contributed by atoms with Gasteiger partial charge in [-0.2, -0.15) is 0 Å². The molecule has 2 aromatic carbocycles. The SMILES string of the molecule is C=CC[C@]1(C(=O)Oc2ccccc2)C=C(c2ccc(F)cc2)OC1=O. The molecule has 0 amide bonds. The molecule has 0 saturated heterocycles. The fraction of sp³-hybridized carbons (Fsp3) is 0.100. The van der Waals surface area contributed by atoms with Gasteiger partial charge >= 0.3 is 11.9 Å². The third-order valence-electron chi connectivity index (χ3n) is 3.86. The predicted octanol–water partition coefficient (Wildman–Crippen LogP) is 3.89. The Morgan fingerprint density at radius 2 is 1.84 bits per heavy atom.